The van der Waals surface area contributed by atoms with E-state index in [9.17, 15) is 23.7 Å². The van der Waals surface area contributed by atoms with Gasteiger partial charge in [0.15, 0.2) is 0 Å². The summed E-state index contributed by atoms with van der Waals surface area (Å²) in [6.07, 6.45) is -3.41. The molecule has 20 heavy (non-hydrogen) atoms. The van der Waals surface area contributed by atoms with Crippen LogP contribution in [0.25, 0.3) is 0 Å². The SMILES string of the molecule is Cc1ccc(C2NCC(=O)N2CC(F)F)cc1[N+](=O)[O-]. The Hall–Kier alpha value is -2.09. The number of alkyl halides is 2. The minimum absolute atomic E-state index is 0.0565. The number of benzene rings is 1. The van der Waals surface area contributed by atoms with Crippen molar-refractivity contribution in [2.45, 2.75) is 19.5 Å². The lowest BCUT2D eigenvalue weighted by Crippen LogP contribution is -2.34. The smallest absolute Gasteiger partial charge is 0.272 e. The molecule has 1 aliphatic rings. The maximum absolute atomic E-state index is 12.5. The standard InChI is InChI=1S/C12H13F2N3O3/c1-7-2-3-8(4-9(7)17(19)20)12-15-5-11(18)16(12)6-10(13)14/h2-4,10,12,15H,5-6H2,1H3. The second-order valence-corrected chi connectivity index (χ2v) is 4.52. The molecule has 1 amide bonds. The van der Waals surface area contributed by atoms with Crippen molar-refractivity contribution in [1.82, 2.24) is 10.2 Å². The van der Waals surface area contributed by atoms with Gasteiger partial charge >= 0.3 is 0 Å². The number of hydrogen-bond acceptors (Lipinski definition) is 4. The summed E-state index contributed by atoms with van der Waals surface area (Å²) < 4.78 is 25.0. The number of nitro groups is 1. The molecule has 1 aromatic carbocycles. The lowest BCUT2D eigenvalue weighted by molar-refractivity contribution is -0.385. The van der Waals surface area contributed by atoms with E-state index in [1.165, 1.54) is 6.07 Å². The van der Waals surface area contributed by atoms with Crippen LogP contribution in [0.5, 0.6) is 0 Å². The molecule has 1 aromatic rings. The van der Waals surface area contributed by atoms with Gasteiger partial charge in [0.2, 0.25) is 5.91 Å². The van der Waals surface area contributed by atoms with Gasteiger partial charge in [-0.05, 0) is 12.5 Å². The lowest BCUT2D eigenvalue weighted by atomic mass is 10.1. The predicted octanol–water partition coefficient (Wildman–Crippen LogP) is 1.60. The van der Waals surface area contributed by atoms with Gasteiger partial charge in [-0.25, -0.2) is 8.78 Å². The Morgan fingerprint density at radius 1 is 1.55 bits per heavy atom. The molecule has 0 aliphatic carbocycles. The number of nitro benzene ring substituents is 1. The Labute approximate surface area is 113 Å². The largest absolute Gasteiger partial charge is 0.316 e. The molecule has 1 heterocycles. The van der Waals surface area contributed by atoms with Crippen LogP contribution in [0.15, 0.2) is 18.2 Å². The fourth-order valence-corrected chi connectivity index (χ4v) is 2.19. The fourth-order valence-electron chi connectivity index (χ4n) is 2.19. The molecule has 0 spiro atoms. The van der Waals surface area contributed by atoms with E-state index in [1.807, 2.05) is 0 Å². The van der Waals surface area contributed by atoms with Crippen LogP contribution >= 0.6 is 0 Å². The molecule has 0 saturated carbocycles. The van der Waals surface area contributed by atoms with E-state index in [2.05, 4.69) is 5.32 Å². The normalized spacial score (nSPS) is 18.9. The molecular weight excluding hydrogens is 272 g/mol. The van der Waals surface area contributed by atoms with E-state index in [0.29, 0.717) is 11.1 Å². The summed E-state index contributed by atoms with van der Waals surface area (Å²) in [4.78, 5) is 22.9. The van der Waals surface area contributed by atoms with Gasteiger partial charge in [-0.3, -0.25) is 20.2 Å². The number of carbonyl (C=O) groups excluding carboxylic acids is 1. The number of halogens is 2. The zero-order valence-corrected chi connectivity index (χ0v) is 10.7. The average Bonchev–Trinajstić information content (AvgIpc) is 2.71. The molecule has 1 fully saturated rings. The Morgan fingerprint density at radius 2 is 2.25 bits per heavy atom. The number of aryl methyl sites for hydroxylation is 1. The third kappa shape index (κ3) is 2.74. The third-order valence-corrected chi connectivity index (χ3v) is 3.16. The summed E-state index contributed by atoms with van der Waals surface area (Å²) in [6.45, 7) is 0.837. The highest BCUT2D eigenvalue weighted by Crippen LogP contribution is 2.28. The van der Waals surface area contributed by atoms with E-state index in [-0.39, 0.29) is 12.2 Å². The van der Waals surface area contributed by atoms with Gasteiger partial charge in [0, 0.05) is 11.6 Å². The topological polar surface area (TPSA) is 75.5 Å². The first-order chi connectivity index (χ1) is 9.40. The molecule has 1 unspecified atom stereocenters. The summed E-state index contributed by atoms with van der Waals surface area (Å²) >= 11 is 0. The Bertz CT molecular complexity index is 551. The minimum atomic E-state index is -2.65. The molecule has 1 atom stereocenters. The summed E-state index contributed by atoms with van der Waals surface area (Å²) in [5.74, 6) is -0.446. The van der Waals surface area contributed by atoms with E-state index >= 15 is 0 Å². The van der Waals surface area contributed by atoms with Crippen LogP contribution in [0.4, 0.5) is 14.5 Å². The number of carbonyl (C=O) groups is 1. The van der Waals surface area contributed by atoms with Crippen LogP contribution in [-0.4, -0.2) is 35.2 Å². The van der Waals surface area contributed by atoms with Crippen LogP contribution in [0.3, 0.4) is 0 Å². The second kappa shape index (κ2) is 5.49. The molecule has 0 bridgehead atoms. The zero-order valence-electron chi connectivity index (χ0n) is 10.7. The van der Waals surface area contributed by atoms with Crippen molar-refractivity contribution in [3.05, 3.63) is 39.4 Å². The molecule has 8 heteroatoms. The van der Waals surface area contributed by atoms with Gasteiger partial charge < -0.3 is 4.90 Å². The maximum Gasteiger partial charge on any atom is 0.272 e. The van der Waals surface area contributed by atoms with Crippen LogP contribution in [0, 0.1) is 17.0 Å². The Balaban J connectivity index is 2.32. The van der Waals surface area contributed by atoms with Gasteiger partial charge in [0.05, 0.1) is 18.0 Å². The third-order valence-electron chi connectivity index (χ3n) is 3.16. The number of nitrogens with zero attached hydrogens (tertiary/aromatic N) is 2. The van der Waals surface area contributed by atoms with E-state index in [1.54, 1.807) is 19.1 Å². The molecule has 2 rings (SSSR count). The first-order valence-electron chi connectivity index (χ1n) is 5.96. The van der Waals surface area contributed by atoms with Crippen LogP contribution in [0.2, 0.25) is 0 Å². The number of amides is 1. The second-order valence-electron chi connectivity index (χ2n) is 4.52. The molecule has 1 N–H and O–H groups in total. The van der Waals surface area contributed by atoms with Gasteiger partial charge in [-0.15, -0.1) is 0 Å². The fraction of sp³-hybridized carbons (Fsp3) is 0.417. The van der Waals surface area contributed by atoms with Gasteiger partial charge in [0.1, 0.15) is 6.17 Å². The highest BCUT2D eigenvalue weighted by Gasteiger charge is 2.34. The molecule has 0 radical (unpaired) electrons. The number of hydrogen-bond donors (Lipinski definition) is 1. The van der Waals surface area contributed by atoms with Crippen LogP contribution in [-0.2, 0) is 4.79 Å². The monoisotopic (exact) mass is 285 g/mol. The van der Waals surface area contributed by atoms with Crippen molar-refractivity contribution in [2.75, 3.05) is 13.1 Å². The van der Waals surface area contributed by atoms with Gasteiger partial charge in [0.25, 0.3) is 12.1 Å². The molecule has 0 aromatic heterocycles. The Morgan fingerprint density at radius 3 is 2.85 bits per heavy atom. The molecule has 1 aliphatic heterocycles. The minimum Gasteiger partial charge on any atom is -0.316 e. The van der Waals surface area contributed by atoms with Crippen molar-refractivity contribution in [2.24, 2.45) is 0 Å². The van der Waals surface area contributed by atoms with Crippen molar-refractivity contribution >= 4 is 11.6 Å². The molecule has 6 nitrogen and oxygen atoms in total. The number of nitrogens with one attached hydrogen (secondary N) is 1. The zero-order chi connectivity index (χ0) is 14.9. The van der Waals surface area contributed by atoms with E-state index < -0.39 is 30.0 Å². The summed E-state index contributed by atoms with van der Waals surface area (Å²) in [5.41, 5.74) is 0.804. The maximum atomic E-state index is 12.5. The highest BCUT2D eigenvalue weighted by molar-refractivity contribution is 5.81. The van der Waals surface area contributed by atoms with Crippen LogP contribution in [0.1, 0.15) is 17.3 Å². The van der Waals surface area contributed by atoms with E-state index in [4.69, 9.17) is 0 Å². The first-order valence-corrected chi connectivity index (χ1v) is 5.96. The quantitative estimate of drug-likeness (QED) is 0.673. The number of rotatable bonds is 4. The van der Waals surface area contributed by atoms with Crippen molar-refractivity contribution in [3.8, 4) is 0 Å². The summed E-state index contributed by atoms with van der Waals surface area (Å²) in [6, 6.07) is 4.44. The average molecular weight is 285 g/mol. The molecule has 108 valence electrons. The Kier molecular flexibility index (Phi) is 3.93. The molecular formula is C12H13F2N3O3. The highest BCUT2D eigenvalue weighted by atomic mass is 19.3. The predicted molar refractivity (Wildman–Crippen MR) is 66.3 cm³/mol. The molecule has 1 saturated heterocycles. The van der Waals surface area contributed by atoms with Gasteiger partial charge in [-0.1, -0.05) is 12.1 Å². The first kappa shape index (κ1) is 14.3. The van der Waals surface area contributed by atoms with Gasteiger partial charge in [-0.2, -0.15) is 0 Å². The van der Waals surface area contributed by atoms with Crippen molar-refractivity contribution < 1.29 is 18.5 Å². The van der Waals surface area contributed by atoms with Crippen molar-refractivity contribution in [1.29, 1.82) is 0 Å². The lowest BCUT2D eigenvalue weighted by Gasteiger charge is -2.24. The van der Waals surface area contributed by atoms with Crippen LogP contribution < -0.4 is 5.32 Å². The summed E-state index contributed by atoms with van der Waals surface area (Å²) in [5, 5.41) is 13.7. The van der Waals surface area contributed by atoms with Crippen molar-refractivity contribution in [3.63, 3.8) is 0 Å². The summed E-state index contributed by atoms with van der Waals surface area (Å²) in [7, 11) is 0. The van der Waals surface area contributed by atoms with E-state index in [0.717, 1.165) is 4.90 Å².